The molecule has 1 aromatic heterocycles. The van der Waals surface area contributed by atoms with E-state index in [1.165, 1.54) is 0 Å². The number of carbonyl (C=O) groups is 2. The summed E-state index contributed by atoms with van der Waals surface area (Å²) in [5, 5.41) is 7.28. The number of carbonyl (C=O) groups excluding carboxylic acids is 2. The van der Waals surface area contributed by atoms with E-state index in [-0.39, 0.29) is 11.8 Å². The molecule has 0 saturated carbocycles. The fourth-order valence-electron chi connectivity index (χ4n) is 3.30. The van der Waals surface area contributed by atoms with Gasteiger partial charge < -0.3 is 10.2 Å². The van der Waals surface area contributed by atoms with Crippen LogP contribution >= 0.6 is 0 Å². The van der Waals surface area contributed by atoms with Crippen LogP contribution in [0.4, 0.5) is 0 Å². The van der Waals surface area contributed by atoms with Gasteiger partial charge in [0.1, 0.15) is 0 Å². The van der Waals surface area contributed by atoms with E-state index in [0.717, 1.165) is 43.6 Å². The summed E-state index contributed by atoms with van der Waals surface area (Å²) in [4.78, 5) is 26.3. The second kappa shape index (κ2) is 8.65. The molecule has 0 atom stereocenters. The molecule has 2 aromatic rings. The van der Waals surface area contributed by atoms with Gasteiger partial charge in [-0.05, 0) is 38.3 Å². The van der Waals surface area contributed by atoms with Gasteiger partial charge in [-0.2, -0.15) is 5.10 Å². The molecule has 26 heavy (non-hydrogen) atoms. The Morgan fingerprint density at radius 3 is 2.81 bits per heavy atom. The second-order valence-corrected chi connectivity index (χ2v) is 6.69. The minimum absolute atomic E-state index is 0.119. The number of hydrogen-bond donors (Lipinski definition) is 1. The van der Waals surface area contributed by atoms with Crippen LogP contribution in [0.1, 0.15) is 48.2 Å². The average molecular weight is 354 g/mol. The summed E-state index contributed by atoms with van der Waals surface area (Å²) in [6, 6.07) is 9.76. The van der Waals surface area contributed by atoms with Gasteiger partial charge in [0.15, 0.2) is 0 Å². The number of amides is 2. The van der Waals surface area contributed by atoms with Crippen molar-refractivity contribution >= 4 is 11.8 Å². The Balaban J connectivity index is 1.51. The molecule has 2 amide bonds. The number of likely N-dealkylation sites (tertiary alicyclic amines) is 1. The van der Waals surface area contributed by atoms with Crippen LogP contribution < -0.4 is 5.32 Å². The molecule has 1 fully saturated rings. The molecule has 3 rings (SSSR count). The maximum Gasteiger partial charge on any atom is 0.254 e. The Bertz CT molecular complexity index is 754. The van der Waals surface area contributed by atoms with Gasteiger partial charge in [-0.1, -0.05) is 24.6 Å². The minimum Gasteiger partial charge on any atom is -0.352 e. The molecule has 6 heteroatoms. The average Bonchev–Trinajstić information content (AvgIpc) is 2.92. The van der Waals surface area contributed by atoms with E-state index in [1.807, 2.05) is 42.2 Å². The first-order valence-electron chi connectivity index (χ1n) is 9.33. The van der Waals surface area contributed by atoms with Crippen LogP contribution in [-0.4, -0.2) is 46.1 Å². The lowest BCUT2D eigenvalue weighted by Crippen LogP contribution is -2.34. The summed E-state index contributed by atoms with van der Waals surface area (Å²) < 4.78 is 1.77. The third-order valence-electron chi connectivity index (χ3n) is 4.82. The molecule has 0 spiro atoms. The van der Waals surface area contributed by atoms with Gasteiger partial charge in [0.25, 0.3) is 5.91 Å². The van der Waals surface area contributed by atoms with Crippen LogP contribution in [0.2, 0.25) is 0 Å². The van der Waals surface area contributed by atoms with Crippen molar-refractivity contribution in [3.05, 3.63) is 47.8 Å². The summed E-state index contributed by atoms with van der Waals surface area (Å²) in [6.07, 6.45) is 6.24. The Morgan fingerprint density at radius 2 is 2.00 bits per heavy atom. The summed E-state index contributed by atoms with van der Waals surface area (Å²) in [5.41, 5.74) is 2.33. The van der Waals surface area contributed by atoms with Gasteiger partial charge in [-0.25, -0.2) is 4.68 Å². The summed E-state index contributed by atoms with van der Waals surface area (Å²) in [7, 11) is 0. The molecule has 1 aromatic carbocycles. The highest BCUT2D eigenvalue weighted by Gasteiger charge is 2.17. The molecule has 138 valence electrons. The van der Waals surface area contributed by atoms with Crippen LogP contribution in [0.15, 0.2) is 36.5 Å². The molecule has 1 aliphatic heterocycles. The van der Waals surface area contributed by atoms with Crippen molar-refractivity contribution in [2.45, 2.75) is 39.0 Å². The van der Waals surface area contributed by atoms with Gasteiger partial charge >= 0.3 is 0 Å². The predicted molar refractivity (Wildman–Crippen MR) is 100 cm³/mol. The van der Waals surface area contributed by atoms with Crippen molar-refractivity contribution in [1.82, 2.24) is 20.0 Å². The molecule has 6 nitrogen and oxygen atoms in total. The Hall–Kier alpha value is -2.63. The van der Waals surface area contributed by atoms with Crippen LogP contribution in [0, 0.1) is 6.92 Å². The smallest absolute Gasteiger partial charge is 0.254 e. The normalized spacial score (nSPS) is 15.0. The van der Waals surface area contributed by atoms with Crippen molar-refractivity contribution in [2.75, 3.05) is 19.6 Å². The van der Waals surface area contributed by atoms with Crippen LogP contribution in [0.5, 0.6) is 0 Å². The largest absolute Gasteiger partial charge is 0.352 e. The first kappa shape index (κ1) is 18.2. The van der Waals surface area contributed by atoms with E-state index < -0.39 is 0 Å². The van der Waals surface area contributed by atoms with E-state index in [4.69, 9.17) is 0 Å². The molecule has 0 radical (unpaired) electrons. The van der Waals surface area contributed by atoms with Gasteiger partial charge in [0, 0.05) is 26.1 Å². The Labute approximate surface area is 154 Å². The molecule has 0 aliphatic carbocycles. The molecule has 1 N–H and O–H groups in total. The number of para-hydroxylation sites is 1. The summed E-state index contributed by atoms with van der Waals surface area (Å²) >= 11 is 0. The van der Waals surface area contributed by atoms with Gasteiger partial charge in [-0.15, -0.1) is 0 Å². The Morgan fingerprint density at radius 1 is 1.19 bits per heavy atom. The lowest BCUT2D eigenvalue weighted by atomic mass is 10.2. The predicted octanol–water partition coefficient (Wildman–Crippen LogP) is 2.70. The highest BCUT2D eigenvalue weighted by molar-refractivity contribution is 5.95. The van der Waals surface area contributed by atoms with Crippen molar-refractivity contribution < 1.29 is 9.59 Å². The molecule has 0 unspecified atom stereocenters. The standard InChI is InChI=1S/C20H26N4O2/c1-16-18(15-22-24(16)17-9-4-2-5-10-17)20(26)21-12-8-14-23-13-7-3-6-11-19(23)25/h2,4-5,9-10,15H,3,6-8,11-14H2,1H3,(H,21,26). The van der Waals surface area contributed by atoms with Crippen molar-refractivity contribution in [2.24, 2.45) is 0 Å². The topological polar surface area (TPSA) is 67.2 Å². The number of nitrogens with one attached hydrogen (secondary N) is 1. The molecule has 1 aliphatic rings. The van der Waals surface area contributed by atoms with E-state index in [9.17, 15) is 9.59 Å². The number of hydrogen-bond acceptors (Lipinski definition) is 3. The third-order valence-corrected chi connectivity index (χ3v) is 4.82. The lowest BCUT2D eigenvalue weighted by Gasteiger charge is -2.20. The van der Waals surface area contributed by atoms with Gasteiger partial charge in [0.05, 0.1) is 23.1 Å². The van der Waals surface area contributed by atoms with E-state index in [0.29, 0.717) is 25.1 Å². The fourth-order valence-corrected chi connectivity index (χ4v) is 3.30. The second-order valence-electron chi connectivity index (χ2n) is 6.69. The maximum absolute atomic E-state index is 12.4. The highest BCUT2D eigenvalue weighted by Crippen LogP contribution is 2.14. The Kier molecular flexibility index (Phi) is 6.04. The number of nitrogens with zero attached hydrogens (tertiary/aromatic N) is 3. The van der Waals surface area contributed by atoms with E-state index in [1.54, 1.807) is 10.9 Å². The maximum atomic E-state index is 12.4. The first-order valence-corrected chi connectivity index (χ1v) is 9.33. The lowest BCUT2D eigenvalue weighted by molar-refractivity contribution is -0.130. The van der Waals surface area contributed by atoms with E-state index in [2.05, 4.69) is 10.4 Å². The first-order chi connectivity index (χ1) is 12.7. The summed E-state index contributed by atoms with van der Waals surface area (Å²) in [6.45, 7) is 4.00. The van der Waals surface area contributed by atoms with Crippen molar-refractivity contribution in [3.63, 3.8) is 0 Å². The highest BCUT2D eigenvalue weighted by atomic mass is 16.2. The van der Waals surface area contributed by atoms with Gasteiger partial charge in [0.2, 0.25) is 5.91 Å². The van der Waals surface area contributed by atoms with Crippen molar-refractivity contribution in [1.29, 1.82) is 0 Å². The van der Waals surface area contributed by atoms with Gasteiger partial charge in [-0.3, -0.25) is 9.59 Å². The zero-order valence-electron chi connectivity index (χ0n) is 15.3. The molecule has 0 bridgehead atoms. The number of benzene rings is 1. The van der Waals surface area contributed by atoms with Crippen molar-refractivity contribution in [3.8, 4) is 5.69 Å². The third kappa shape index (κ3) is 4.31. The van der Waals surface area contributed by atoms with Crippen LogP contribution in [0.3, 0.4) is 0 Å². The molecular formula is C20H26N4O2. The number of rotatable bonds is 6. The quantitative estimate of drug-likeness (QED) is 0.811. The number of aromatic nitrogens is 2. The summed E-state index contributed by atoms with van der Waals surface area (Å²) in [5.74, 6) is 0.126. The van der Waals surface area contributed by atoms with Crippen LogP contribution in [0.25, 0.3) is 5.69 Å². The monoisotopic (exact) mass is 354 g/mol. The SMILES string of the molecule is Cc1c(C(=O)NCCCN2CCCCCC2=O)cnn1-c1ccccc1. The van der Waals surface area contributed by atoms with Crippen LogP contribution in [-0.2, 0) is 4.79 Å². The minimum atomic E-state index is -0.119. The molecule has 1 saturated heterocycles. The zero-order chi connectivity index (χ0) is 18.4. The molecule has 2 heterocycles. The zero-order valence-corrected chi connectivity index (χ0v) is 15.3. The molecular weight excluding hydrogens is 328 g/mol. The fraction of sp³-hybridized carbons (Fsp3) is 0.450. The van der Waals surface area contributed by atoms with E-state index >= 15 is 0 Å².